The molecule has 0 bridgehead atoms. The fourth-order valence-electron chi connectivity index (χ4n) is 2.81. The lowest BCUT2D eigenvalue weighted by atomic mass is 10.2. The van der Waals surface area contributed by atoms with Gasteiger partial charge in [-0.15, -0.1) is 0 Å². The van der Waals surface area contributed by atoms with Gasteiger partial charge < -0.3 is 10.2 Å². The van der Waals surface area contributed by atoms with Crippen LogP contribution in [0.5, 0.6) is 0 Å². The van der Waals surface area contributed by atoms with Crippen molar-refractivity contribution in [2.45, 2.75) is 32.6 Å². The minimum absolute atomic E-state index is 0.652. The van der Waals surface area contributed by atoms with Crippen molar-refractivity contribution in [1.82, 2.24) is 9.97 Å². The molecule has 1 fully saturated rings. The highest BCUT2D eigenvalue weighted by Crippen LogP contribution is 2.21. The maximum atomic E-state index is 8.86. The summed E-state index contributed by atoms with van der Waals surface area (Å²) in [5, 5.41) is 12.2. The summed E-state index contributed by atoms with van der Waals surface area (Å²) >= 11 is 0. The Labute approximate surface area is 137 Å². The molecule has 0 aliphatic carbocycles. The molecule has 1 aromatic heterocycles. The van der Waals surface area contributed by atoms with Crippen molar-refractivity contribution in [1.29, 1.82) is 5.26 Å². The van der Waals surface area contributed by atoms with Gasteiger partial charge in [0.1, 0.15) is 5.82 Å². The molecule has 1 aliphatic heterocycles. The van der Waals surface area contributed by atoms with Crippen LogP contribution in [0.25, 0.3) is 0 Å². The average molecular weight is 307 g/mol. The molecule has 0 unspecified atom stereocenters. The molecule has 0 radical (unpaired) electrons. The van der Waals surface area contributed by atoms with Gasteiger partial charge in [-0.05, 0) is 44.0 Å². The molecule has 0 spiro atoms. The Morgan fingerprint density at radius 2 is 1.74 bits per heavy atom. The second-order valence-corrected chi connectivity index (χ2v) is 5.91. The summed E-state index contributed by atoms with van der Waals surface area (Å²) in [5.74, 6) is 1.60. The van der Waals surface area contributed by atoms with E-state index in [9.17, 15) is 0 Å². The minimum Gasteiger partial charge on any atom is -0.341 e. The predicted molar refractivity (Wildman–Crippen MR) is 91.9 cm³/mol. The molecule has 5 heteroatoms. The van der Waals surface area contributed by atoms with Crippen molar-refractivity contribution in [3.63, 3.8) is 0 Å². The van der Waals surface area contributed by atoms with E-state index in [1.54, 1.807) is 12.1 Å². The number of nitrogens with zero attached hydrogens (tertiary/aromatic N) is 4. The lowest BCUT2D eigenvalue weighted by molar-refractivity contribution is 0.726. The van der Waals surface area contributed by atoms with E-state index in [4.69, 9.17) is 5.26 Å². The van der Waals surface area contributed by atoms with Gasteiger partial charge in [-0.25, -0.2) is 4.98 Å². The highest BCUT2D eigenvalue weighted by Gasteiger charge is 2.13. The first-order valence-electron chi connectivity index (χ1n) is 8.12. The molecule has 1 aromatic carbocycles. The molecular formula is C18H21N5. The summed E-state index contributed by atoms with van der Waals surface area (Å²) in [4.78, 5) is 11.6. The van der Waals surface area contributed by atoms with Gasteiger partial charge in [0.05, 0.1) is 11.6 Å². The van der Waals surface area contributed by atoms with Gasteiger partial charge >= 0.3 is 0 Å². The van der Waals surface area contributed by atoms with Crippen molar-refractivity contribution in [3.8, 4) is 6.07 Å². The van der Waals surface area contributed by atoms with Gasteiger partial charge in [0.2, 0.25) is 5.95 Å². The zero-order valence-electron chi connectivity index (χ0n) is 13.4. The number of anilines is 3. The molecule has 3 rings (SSSR count). The predicted octanol–water partition coefficient (Wildman–Crippen LogP) is 3.78. The topological polar surface area (TPSA) is 64.8 Å². The second-order valence-electron chi connectivity index (χ2n) is 5.91. The largest absolute Gasteiger partial charge is 0.341 e. The van der Waals surface area contributed by atoms with E-state index in [0.717, 1.165) is 36.2 Å². The third kappa shape index (κ3) is 3.98. The van der Waals surface area contributed by atoms with Gasteiger partial charge in [-0.3, -0.25) is 0 Å². The van der Waals surface area contributed by atoms with Crippen LogP contribution in [0.15, 0.2) is 30.3 Å². The molecular weight excluding hydrogens is 286 g/mol. The molecule has 1 N–H and O–H groups in total. The maximum absolute atomic E-state index is 8.86. The smallest absolute Gasteiger partial charge is 0.227 e. The fourth-order valence-corrected chi connectivity index (χ4v) is 2.81. The first-order valence-corrected chi connectivity index (χ1v) is 8.12. The number of aryl methyl sites for hydroxylation is 1. The quantitative estimate of drug-likeness (QED) is 0.934. The number of benzene rings is 1. The van der Waals surface area contributed by atoms with E-state index >= 15 is 0 Å². The summed E-state index contributed by atoms with van der Waals surface area (Å²) in [7, 11) is 0. The van der Waals surface area contributed by atoms with Gasteiger partial charge in [0.25, 0.3) is 0 Å². The molecule has 1 saturated heterocycles. The van der Waals surface area contributed by atoms with Crippen molar-refractivity contribution in [3.05, 3.63) is 41.6 Å². The van der Waals surface area contributed by atoms with Gasteiger partial charge in [-0.2, -0.15) is 10.2 Å². The molecule has 0 saturated carbocycles. The summed E-state index contributed by atoms with van der Waals surface area (Å²) < 4.78 is 0. The van der Waals surface area contributed by atoms with Gasteiger partial charge in [0, 0.05) is 30.5 Å². The number of hydrogen-bond acceptors (Lipinski definition) is 5. The van der Waals surface area contributed by atoms with E-state index in [1.807, 2.05) is 25.1 Å². The number of rotatable bonds is 3. The Kier molecular flexibility index (Phi) is 4.72. The zero-order valence-corrected chi connectivity index (χ0v) is 13.4. The Morgan fingerprint density at radius 1 is 1.04 bits per heavy atom. The molecule has 0 amide bonds. The van der Waals surface area contributed by atoms with Crippen molar-refractivity contribution < 1.29 is 0 Å². The second kappa shape index (κ2) is 7.10. The number of nitrogens with one attached hydrogen (secondary N) is 1. The van der Waals surface area contributed by atoms with Crippen LogP contribution in [-0.4, -0.2) is 23.1 Å². The lowest BCUT2D eigenvalue weighted by Gasteiger charge is -2.21. The highest BCUT2D eigenvalue weighted by atomic mass is 15.3. The first-order chi connectivity index (χ1) is 11.2. The summed E-state index contributed by atoms with van der Waals surface area (Å²) in [5.41, 5.74) is 2.53. The third-order valence-electron chi connectivity index (χ3n) is 4.02. The molecule has 5 nitrogen and oxygen atoms in total. The monoisotopic (exact) mass is 307 g/mol. The molecule has 1 aliphatic rings. The highest BCUT2D eigenvalue weighted by molar-refractivity contribution is 5.58. The van der Waals surface area contributed by atoms with E-state index in [1.165, 1.54) is 25.7 Å². The molecule has 2 heterocycles. The molecule has 2 aromatic rings. The van der Waals surface area contributed by atoms with E-state index in [-0.39, 0.29) is 0 Å². The van der Waals surface area contributed by atoms with Crippen LogP contribution >= 0.6 is 0 Å². The molecule has 118 valence electrons. The van der Waals surface area contributed by atoms with Crippen molar-refractivity contribution >= 4 is 17.5 Å². The number of nitriles is 1. The van der Waals surface area contributed by atoms with Crippen molar-refractivity contribution in [2.75, 3.05) is 23.3 Å². The van der Waals surface area contributed by atoms with Gasteiger partial charge in [0.15, 0.2) is 0 Å². The van der Waals surface area contributed by atoms with Crippen LogP contribution in [0.3, 0.4) is 0 Å². The van der Waals surface area contributed by atoms with Gasteiger partial charge in [-0.1, -0.05) is 12.8 Å². The Balaban J connectivity index is 1.80. The summed E-state index contributed by atoms with van der Waals surface area (Å²) in [6, 6.07) is 11.4. The lowest BCUT2D eigenvalue weighted by Crippen LogP contribution is -2.26. The SMILES string of the molecule is Cc1cc(Nc2ccc(C#N)cc2)nc(N2CCCCCC2)n1. The summed E-state index contributed by atoms with van der Waals surface area (Å²) in [6.45, 7) is 4.05. The Hall–Kier alpha value is -2.61. The third-order valence-corrected chi connectivity index (χ3v) is 4.02. The maximum Gasteiger partial charge on any atom is 0.227 e. The Morgan fingerprint density at radius 3 is 2.39 bits per heavy atom. The number of aromatic nitrogens is 2. The van der Waals surface area contributed by atoms with Crippen LogP contribution < -0.4 is 10.2 Å². The molecule has 0 atom stereocenters. The van der Waals surface area contributed by atoms with Crippen LogP contribution in [0.1, 0.15) is 36.9 Å². The van der Waals surface area contributed by atoms with E-state index < -0.39 is 0 Å². The zero-order chi connectivity index (χ0) is 16.1. The van der Waals surface area contributed by atoms with Crippen molar-refractivity contribution in [2.24, 2.45) is 0 Å². The van der Waals surface area contributed by atoms with Crippen LogP contribution in [-0.2, 0) is 0 Å². The standard InChI is InChI=1S/C18H21N5/c1-14-12-17(21-16-8-6-15(13-19)7-9-16)22-18(20-14)23-10-4-2-3-5-11-23/h6-9,12H,2-5,10-11H2,1H3,(H,20,21,22). The fraction of sp³-hybridized carbons (Fsp3) is 0.389. The van der Waals surface area contributed by atoms with Crippen LogP contribution in [0, 0.1) is 18.3 Å². The Bertz CT molecular complexity index is 694. The minimum atomic E-state index is 0.652. The molecule has 23 heavy (non-hydrogen) atoms. The first kappa shape index (κ1) is 15.3. The van der Waals surface area contributed by atoms with E-state index in [0.29, 0.717) is 5.56 Å². The van der Waals surface area contributed by atoms with E-state index in [2.05, 4.69) is 26.3 Å². The van der Waals surface area contributed by atoms with Crippen LogP contribution in [0.2, 0.25) is 0 Å². The average Bonchev–Trinajstić information content (AvgIpc) is 2.84. The number of hydrogen-bond donors (Lipinski definition) is 1. The van der Waals surface area contributed by atoms with Crippen LogP contribution in [0.4, 0.5) is 17.5 Å². The normalized spacial score (nSPS) is 14.9. The summed E-state index contributed by atoms with van der Waals surface area (Å²) in [6.07, 6.45) is 4.99.